The third-order valence-corrected chi connectivity index (χ3v) is 5.58. The zero-order valence-corrected chi connectivity index (χ0v) is 19.4. The van der Waals surface area contributed by atoms with Crippen molar-refractivity contribution in [3.8, 4) is 22.8 Å². The molecule has 2 aromatic heterocycles. The molecule has 4 rings (SSSR count). The molecule has 8 nitrogen and oxygen atoms in total. The number of imidazole rings is 1. The summed E-state index contributed by atoms with van der Waals surface area (Å²) < 4.78 is 12.5. The van der Waals surface area contributed by atoms with Crippen molar-refractivity contribution in [3.05, 3.63) is 41.7 Å². The van der Waals surface area contributed by atoms with E-state index in [0.717, 1.165) is 11.3 Å². The van der Waals surface area contributed by atoms with E-state index in [1.54, 1.807) is 11.0 Å². The number of aromatic hydroxyl groups is 1. The number of nitrogens with zero attached hydrogens (tertiary/aromatic N) is 4. The van der Waals surface area contributed by atoms with Gasteiger partial charge in [-0.25, -0.2) is 9.78 Å². The maximum absolute atomic E-state index is 12.3. The lowest BCUT2D eigenvalue weighted by Crippen LogP contribution is -2.50. The zero-order valence-electron chi connectivity index (χ0n) is 18.6. The van der Waals surface area contributed by atoms with Crippen LogP contribution in [0.4, 0.5) is 10.5 Å². The highest BCUT2D eigenvalue weighted by Crippen LogP contribution is 2.37. The number of benzene rings is 1. The molecular weight excluding hydrogens is 432 g/mol. The first-order valence-corrected chi connectivity index (χ1v) is 10.8. The average molecular weight is 459 g/mol. The van der Waals surface area contributed by atoms with Crippen LogP contribution < -0.4 is 9.64 Å². The number of fused-ring (bicyclic) bond motifs is 1. The molecule has 0 saturated carbocycles. The van der Waals surface area contributed by atoms with Crippen LogP contribution in [0.2, 0.25) is 5.02 Å². The number of carbonyl (C=O) groups excluding carboxylic acids is 1. The Bertz CT molecular complexity index is 1150. The summed E-state index contributed by atoms with van der Waals surface area (Å²) in [6.45, 7) is 8.21. The highest BCUT2D eigenvalue weighted by atomic mass is 35.5. The van der Waals surface area contributed by atoms with Crippen molar-refractivity contribution < 1.29 is 19.4 Å². The highest BCUT2D eigenvalue weighted by molar-refractivity contribution is 6.32. The van der Waals surface area contributed by atoms with Gasteiger partial charge >= 0.3 is 6.09 Å². The number of phenolic OH excluding ortho intramolecular Hbond substituents is 1. The van der Waals surface area contributed by atoms with Gasteiger partial charge in [-0.05, 0) is 32.9 Å². The van der Waals surface area contributed by atoms with Gasteiger partial charge in [-0.15, -0.1) is 0 Å². The second-order valence-electron chi connectivity index (χ2n) is 8.73. The first-order valence-electron chi connectivity index (χ1n) is 10.4. The van der Waals surface area contributed by atoms with Crippen LogP contribution in [-0.2, 0) is 4.74 Å². The van der Waals surface area contributed by atoms with Gasteiger partial charge in [0.25, 0.3) is 0 Å². The van der Waals surface area contributed by atoms with Crippen molar-refractivity contribution in [1.82, 2.24) is 14.3 Å². The maximum atomic E-state index is 12.3. The first-order chi connectivity index (χ1) is 15.1. The first kappa shape index (κ1) is 22.1. The van der Waals surface area contributed by atoms with Crippen LogP contribution in [0.25, 0.3) is 16.9 Å². The standard InChI is InChI=1S/C23H27ClN4O4/c1-23(2,3)32-22(30)27-9-7-26(8-10-27)15-5-6-28-14-18(25-21(28)11-15)16-12-17(24)20(31-4)13-19(16)29/h5-6,11-14,29H,7-10H2,1-4H3. The number of aromatic nitrogens is 2. The van der Waals surface area contributed by atoms with E-state index >= 15 is 0 Å². The number of piperazine rings is 1. The molecule has 3 aromatic rings. The molecule has 1 amide bonds. The van der Waals surface area contributed by atoms with Gasteiger partial charge in [0, 0.05) is 62.0 Å². The van der Waals surface area contributed by atoms with Gasteiger partial charge in [0.15, 0.2) is 0 Å². The van der Waals surface area contributed by atoms with Crippen molar-refractivity contribution in [2.75, 3.05) is 38.2 Å². The van der Waals surface area contributed by atoms with E-state index in [9.17, 15) is 9.90 Å². The Morgan fingerprint density at radius 3 is 2.53 bits per heavy atom. The van der Waals surface area contributed by atoms with E-state index in [1.165, 1.54) is 13.2 Å². The van der Waals surface area contributed by atoms with Crippen LogP contribution in [0.1, 0.15) is 20.8 Å². The van der Waals surface area contributed by atoms with Crippen molar-refractivity contribution in [2.24, 2.45) is 0 Å². The second-order valence-corrected chi connectivity index (χ2v) is 9.14. The molecule has 1 aliphatic rings. The molecule has 1 aliphatic heterocycles. The number of halogens is 1. The monoisotopic (exact) mass is 458 g/mol. The molecule has 170 valence electrons. The number of hydrogen-bond donors (Lipinski definition) is 1. The van der Waals surface area contributed by atoms with E-state index in [2.05, 4.69) is 9.88 Å². The van der Waals surface area contributed by atoms with Gasteiger partial charge < -0.3 is 28.8 Å². The molecule has 9 heteroatoms. The number of anilines is 1. The van der Waals surface area contributed by atoms with Gasteiger partial charge in [0.2, 0.25) is 0 Å². The summed E-state index contributed by atoms with van der Waals surface area (Å²) in [6, 6.07) is 7.14. The lowest BCUT2D eigenvalue weighted by Gasteiger charge is -2.36. The summed E-state index contributed by atoms with van der Waals surface area (Å²) in [5, 5.41) is 10.8. The minimum atomic E-state index is -0.500. The Balaban J connectivity index is 1.51. The molecule has 1 fully saturated rings. The fraction of sp³-hybridized carbons (Fsp3) is 0.391. The van der Waals surface area contributed by atoms with Crippen LogP contribution in [0.15, 0.2) is 36.7 Å². The van der Waals surface area contributed by atoms with Gasteiger partial charge in [0.1, 0.15) is 22.7 Å². The van der Waals surface area contributed by atoms with E-state index < -0.39 is 5.60 Å². The Morgan fingerprint density at radius 1 is 1.16 bits per heavy atom. The minimum absolute atomic E-state index is 0.0492. The van der Waals surface area contributed by atoms with Gasteiger partial charge in [-0.3, -0.25) is 0 Å². The molecule has 1 aromatic carbocycles. The summed E-state index contributed by atoms with van der Waals surface area (Å²) >= 11 is 6.23. The summed E-state index contributed by atoms with van der Waals surface area (Å²) in [5.41, 5.74) is 2.42. The van der Waals surface area contributed by atoms with Crippen LogP contribution in [0.3, 0.4) is 0 Å². The van der Waals surface area contributed by atoms with E-state index in [4.69, 9.17) is 21.1 Å². The lowest BCUT2D eigenvalue weighted by molar-refractivity contribution is 0.0240. The Hall–Kier alpha value is -3.13. The second kappa shape index (κ2) is 8.43. The molecule has 0 radical (unpaired) electrons. The normalized spacial score (nSPS) is 14.7. The van der Waals surface area contributed by atoms with Crippen LogP contribution >= 0.6 is 11.6 Å². The molecule has 1 saturated heterocycles. The molecule has 3 heterocycles. The summed E-state index contributed by atoms with van der Waals surface area (Å²) in [7, 11) is 1.50. The van der Waals surface area contributed by atoms with Crippen LogP contribution in [0.5, 0.6) is 11.5 Å². The highest BCUT2D eigenvalue weighted by Gasteiger charge is 2.26. The van der Waals surface area contributed by atoms with Gasteiger partial charge in [0.05, 0.1) is 17.8 Å². The number of rotatable bonds is 3. The number of hydrogen-bond acceptors (Lipinski definition) is 6. The van der Waals surface area contributed by atoms with Crippen molar-refractivity contribution in [3.63, 3.8) is 0 Å². The number of pyridine rings is 1. The van der Waals surface area contributed by atoms with E-state index in [0.29, 0.717) is 48.2 Å². The molecule has 1 N–H and O–H groups in total. The van der Waals surface area contributed by atoms with Crippen LogP contribution in [-0.4, -0.2) is 64.4 Å². The minimum Gasteiger partial charge on any atom is -0.507 e. The summed E-state index contributed by atoms with van der Waals surface area (Å²) in [6.07, 6.45) is 3.50. The predicted molar refractivity (Wildman–Crippen MR) is 124 cm³/mol. The number of carbonyl (C=O) groups is 1. The van der Waals surface area contributed by atoms with E-state index in [-0.39, 0.29) is 11.8 Å². The van der Waals surface area contributed by atoms with E-state index in [1.807, 2.05) is 49.7 Å². The van der Waals surface area contributed by atoms with Crippen molar-refractivity contribution in [2.45, 2.75) is 26.4 Å². The van der Waals surface area contributed by atoms with Crippen molar-refractivity contribution in [1.29, 1.82) is 0 Å². The van der Waals surface area contributed by atoms with Gasteiger partial charge in [-0.1, -0.05) is 11.6 Å². The number of phenols is 1. The topological polar surface area (TPSA) is 79.5 Å². The molecule has 0 unspecified atom stereocenters. The van der Waals surface area contributed by atoms with Crippen molar-refractivity contribution >= 4 is 29.0 Å². The SMILES string of the molecule is COc1cc(O)c(-c2cn3ccc(N4CCN(C(=O)OC(C)(C)C)CC4)cc3n2)cc1Cl. The molecule has 0 bridgehead atoms. The third kappa shape index (κ3) is 4.55. The number of amides is 1. The summed E-state index contributed by atoms with van der Waals surface area (Å²) in [5.74, 6) is 0.456. The molecule has 0 aliphatic carbocycles. The number of methoxy groups -OCH3 is 1. The third-order valence-electron chi connectivity index (χ3n) is 5.29. The number of ether oxygens (including phenoxy) is 2. The average Bonchev–Trinajstić information content (AvgIpc) is 3.17. The largest absolute Gasteiger partial charge is 0.507 e. The lowest BCUT2D eigenvalue weighted by atomic mass is 10.1. The molecule has 0 spiro atoms. The Kier molecular flexibility index (Phi) is 5.81. The fourth-order valence-corrected chi connectivity index (χ4v) is 3.92. The fourth-order valence-electron chi connectivity index (χ4n) is 3.68. The van der Waals surface area contributed by atoms with Gasteiger partial charge in [-0.2, -0.15) is 0 Å². The quantitative estimate of drug-likeness (QED) is 0.625. The van der Waals surface area contributed by atoms with Crippen LogP contribution in [0, 0.1) is 0 Å². The molecule has 0 atom stereocenters. The Labute approximate surface area is 191 Å². The molecular formula is C23H27ClN4O4. The maximum Gasteiger partial charge on any atom is 0.410 e. The summed E-state index contributed by atoms with van der Waals surface area (Å²) in [4.78, 5) is 20.9. The molecule has 32 heavy (non-hydrogen) atoms. The smallest absolute Gasteiger partial charge is 0.410 e. The Morgan fingerprint density at radius 2 is 1.88 bits per heavy atom. The predicted octanol–water partition coefficient (Wildman–Crippen LogP) is 4.43. The zero-order chi connectivity index (χ0) is 23.0.